The lowest BCUT2D eigenvalue weighted by Crippen LogP contribution is -2.36. The van der Waals surface area contributed by atoms with Gasteiger partial charge in [0.15, 0.2) is 0 Å². The molecule has 1 aromatic carbocycles. The molecule has 0 bridgehead atoms. The number of hydrogen-bond acceptors (Lipinski definition) is 2. The van der Waals surface area contributed by atoms with Crippen molar-refractivity contribution >= 4 is 28.8 Å². The van der Waals surface area contributed by atoms with Crippen LogP contribution in [0.3, 0.4) is 0 Å². The molecule has 0 radical (unpaired) electrons. The SMILES string of the molecule is CCc1nc(CCCCN2CC3=C(c4cc(Cl)ccc4C3)C(CC)C2)ccc1Cl. The quantitative estimate of drug-likeness (QED) is 0.460. The van der Waals surface area contributed by atoms with Gasteiger partial charge in [-0.2, -0.15) is 0 Å². The number of nitrogens with zero attached hydrogens (tertiary/aromatic N) is 2. The van der Waals surface area contributed by atoms with E-state index in [0.29, 0.717) is 5.92 Å². The minimum Gasteiger partial charge on any atom is -0.299 e. The highest BCUT2D eigenvalue weighted by Crippen LogP contribution is 2.43. The van der Waals surface area contributed by atoms with Crippen molar-refractivity contribution < 1.29 is 0 Å². The van der Waals surface area contributed by atoms with Gasteiger partial charge in [0.25, 0.3) is 0 Å². The van der Waals surface area contributed by atoms with Gasteiger partial charge in [-0.05, 0) is 97.5 Å². The second-order valence-corrected chi connectivity index (χ2v) is 9.22. The summed E-state index contributed by atoms with van der Waals surface area (Å²) in [4.78, 5) is 7.37. The molecule has 2 heterocycles. The van der Waals surface area contributed by atoms with Crippen LogP contribution in [0.5, 0.6) is 0 Å². The molecule has 154 valence electrons. The van der Waals surface area contributed by atoms with E-state index in [4.69, 9.17) is 28.2 Å². The molecule has 2 aromatic rings. The highest BCUT2D eigenvalue weighted by molar-refractivity contribution is 6.31. The highest BCUT2D eigenvalue weighted by atomic mass is 35.5. The van der Waals surface area contributed by atoms with Crippen molar-refractivity contribution in [2.75, 3.05) is 19.6 Å². The van der Waals surface area contributed by atoms with Crippen molar-refractivity contribution in [3.63, 3.8) is 0 Å². The molecule has 0 spiro atoms. The lowest BCUT2D eigenvalue weighted by molar-refractivity contribution is 0.249. The predicted molar refractivity (Wildman–Crippen MR) is 124 cm³/mol. The Labute approximate surface area is 184 Å². The van der Waals surface area contributed by atoms with Gasteiger partial charge in [-0.15, -0.1) is 0 Å². The van der Waals surface area contributed by atoms with Gasteiger partial charge in [0.05, 0.1) is 10.7 Å². The summed E-state index contributed by atoms with van der Waals surface area (Å²) in [6.07, 6.45) is 6.60. The fourth-order valence-electron chi connectivity index (χ4n) is 4.92. The van der Waals surface area contributed by atoms with E-state index in [0.717, 1.165) is 41.5 Å². The number of unbranched alkanes of at least 4 members (excludes halogenated alkanes) is 1. The monoisotopic (exact) mass is 428 g/mol. The van der Waals surface area contributed by atoms with Gasteiger partial charge in [0.1, 0.15) is 0 Å². The minimum atomic E-state index is 0.628. The minimum absolute atomic E-state index is 0.628. The Morgan fingerprint density at radius 2 is 1.97 bits per heavy atom. The number of hydrogen-bond donors (Lipinski definition) is 0. The largest absolute Gasteiger partial charge is 0.299 e. The van der Waals surface area contributed by atoms with Gasteiger partial charge in [-0.3, -0.25) is 9.88 Å². The van der Waals surface area contributed by atoms with E-state index < -0.39 is 0 Å². The predicted octanol–water partition coefficient (Wildman–Crippen LogP) is 6.63. The van der Waals surface area contributed by atoms with Gasteiger partial charge in [0.2, 0.25) is 0 Å². The molecule has 0 saturated carbocycles. The molecule has 1 aliphatic heterocycles. The molecule has 1 aliphatic carbocycles. The Morgan fingerprint density at radius 3 is 2.76 bits per heavy atom. The van der Waals surface area contributed by atoms with Gasteiger partial charge in [-0.25, -0.2) is 0 Å². The summed E-state index contributed by atoms with van der Waals surface area (Å²) in [5.74, 6) is 0.628. The molecule has 29 heavy (non-hydrogen) atoms. The molecular weight excluding hydrogens is 399 g/mol. The van der Waals surface area contributed by atoms with Crippen LogP contribution in [0.2, 0.25) is 10.0 Å². The molecule has 0 saturated heterocycles. The van der Waals surface area contributed by atoms with E-state index in [1.807, 2.05) is 12.1 Å². The van der Waals surface area contributed by atoms with Crippen LogP contribution in [0.4, 0.5) is 0 Å². The summed E-state index contributed by atoms with van der Waals surface area (Å²) in [5, 5.41) is 1.65. The molecule has 0 amide bonds. The third-order valence-electron chi connectivity index (χ3n) is 6.41. The summed E-state index contributed by atoms with van der Waals surface area (Å²) in [6.45, 7) is 7.87. The summed E-state index contributed by atoms with van der Waals surface area (Å²) in [6, 6.07) is 10.5. The van der Waals surface area contributed by atoms with Crippen LogP contribution in [0.25, 0.3) is 5.57 Å². The van der Waals surface area contributed by atoms with E-state index >= 15 is 0 Å². The second-order valence-electron chi connectivity index (χ2n) is 8.38. The lowest BCUT2D eigenvalue weighted by atomic mass is 9.86. The maximum absolute atomic E-state index is 6.29. The maximum atomic E-state index is 6.29. The van der Waals surface area contributed by atoms with Crippen LogP contribution < -0.4 is 0 Å². The van der Waals surface area contributed by atoms with Crippen LogP contribution >= 0.6 is 23.2 Å². The van der Waals surface area contributed by atoms with E-state index in [-0.39, 0.29) is 0 Å². The molecule has 2 nitrogen and oxygen atoms in total. The molecule has 1 unspecified atom stereocenters. The molecule has 4 rings (SSSR count). The summed E-state index contributed by atoms with van der Waals surface area (Å²) >= 11 is 12.5. The van der Waals surface area contributed by atoms with E-state index in [2.05, 4.69) is 36.9 Å². The molecule has 0 N–H and O–H groups in total. The van der Waals surface area contributed by atoms with Crippen molar-refractivity contribution in [1.82, 2.24) is 9.88 Å². The Bertz CT molecular complexity index is 919. The first-order chi connectivity index (χ1) is 14.1. The molecular formula is C25H30Cl2N2. The molecule has 1 aromatic heterocycles. The van der Waals surface area contributed by atoms with Gasteiger partial charge in [-0.1, -0.05) is 43.1 Å². The van der Waals surface area contributed by atoms with Crippen molar-refractivity contribution in [2.24, 2.45) is 5.92 Å². The van der Waals surface area contributed by atoms with Gasteiger partial charge < -0.3 is 0 Å². The van der Waals surface area contributed by atoms with Crippen molar-refractivity contribution in [3.05, 3.63) is 68.5 Å². The third kappa shape index (κ3) is 4.55. The normalized spacial score (nSPS) is 18.8. The van der Waals surface area contributed by atoms with E-state index in [9.17, 15) is 0 Å². The lowest BCUT2D eigenvalue weighted by Gasteiger charge is -2.34. The van der Waals surface area contributed by atoms with Crippen molar-refractivity contribution in [2.45, 2.75) is 52.4 Å². The van der Waals surface area contributed by atoms with E-state index in [1.165, 1.54) is 49.2 Å². The zero-order valence-corrected chi connectivity index (χ0v) is 19.0. The number of rotatable bonds is 7. The number of aryl methyl sites for hydroxylation is 2. The third-order valence-corrected chi connectivity index (χ3v) is 6.99. The summed E-state index contributed by atoms with van der Waals surface area (Å²) in [5.41, 5.74) is 8.28. The second kappa shape index (κ2) is 9.20. The molecule has 4 heteroatoms. The first-order valence-corrected chi connectivity index (χ1v) is 11.7. The average Bonchev–Trinajstić information content (AvgIpc) is 3.09. The summed E-state index contributed by atoms with van der Waals surface area (Å²) in [7, 11) is 0. The number of fused-ring (bicyclic) bond motifs is 2. The number of aromatic nitrogens is 1. The fraction of sp³-hybridized carbons (Fsp3) is 0.480. The topological polar surface area (TPSA) is 16.1 Å². The highest BCUT2D eigenvalue weighted by Gasteiger charge is 2.32. The molecule has 1 atom stereocenters. The number of pyridine rings is 1. The zero-order chi connectivity index (χ0) is 20.4. The Hall–Kier alpha value is -1.35. The van der Waals surface area contributed by atoms with Crippen LogP contribution in [-0.4, -0.2) is 29.5 Å². The van der Waals surface area contributed by atoms with E-state index in [1.54, 1.807) is 11.1 Å². The Balaban J connectivity index is 1.34. The average molecular weight is 429 g/mol. The zero-order valence-electron chi connectivity index (χ0n) is 17.5. The molecule has 2 aliphatic rings. The molecule has 0 fully saturated rings. The first-order valence-electron chi connectivity index (χ1n) is 11.0. The number of benzene rings is 1. The first kappa shape index (κ1) is 20.9. The van der Waals surface area contributed by atoms with Crippen LogP contribution in [0.15, 0.2) is 35.9 Å². The Kier molecular flexibility index (Phi) is 6.63. The van der Waals surface area contributed by atoms with Crippen molar-refractivity contribution in [3.8, 4) is 0 Å². The van der Waals surface area contributed by atoms with Crippen LogP contribution in [0, 0.1) is 5.92 Å². The Morgan fingerprint density at radius 1 is 1.10 bits per heavy atom. The maximum Gasteiger partial charge on any atom is 0.0621 e. The van der Waals surface area contributed by atoms with Crippen LogP contribution in [0.1, 0.15) is 55.6 Å². The number of halogens is 2. The summed E-state index contributed by atoms with van der Waals surface area (Å²) < 4.78 is 0. The standard InChI is InChI=1S/C25H30Cl2N2/c1-3-17-15-29(12-6-5-7-21-10-11-23(27)24(4-2)28-21)16-19-13-18-8-9-20(26)14-22(18)25(17)19/h8-11,14,17H,3-7,12-13,15-16H2,1-2H3. The van der Waals surface area contributed by atoms with Gasteiger partial charge in [0, 0.05) is 23.8 Å². The van der Waals surface area contributed by atoms with Crippen LogP contribution in [-0.2, 0) is 19.3 Å². The smallest absolute Gasteiger partial charge is 0.0621 e. The van der Waals surface area contributed by atoms with Crippen molar-refractivity contribution in [1.29, 1.82) is 0 Å². The van der Waals surface area contributed by atoms with Gasteiger partial charge >= 0.3 is 0 Å². The fourth-order valence-corrected chi connectivity index (χ4v) is 5.33.